The number of ether oxygens (including phenoxy) is 3. The normalized spacial score (nSPS) is 13.2. The van der Waals surface area contributed by atoms with Crippen LogP contribution in [-0.4, -0.2) is 37.2 Å². The highest BCUT2D eigenvalue weighted by atomic mass is 16.6. The molecule has 0 saturated heterocycles. The van der Waals surface area contributed by atoms with Crippen LogP contribution in [0, 0.1) is 0 Å². The molecule has 0 bridgehead atoms. The van der Waals surface area contributed by atoms with Gasteiger partial charge in [-0.2, -0.15) is 0 Å². The van der Waals surface area contributed by atoms with Crippen molar-refractivity contribution in [2.45, 2.75) is 200 Å². The predicted molar refractivity (Wildman–Crippen MR) is 274 cm³/mol. The van der Waals surface area contributed by atoms with E-state index in [1.54, 1.807) is 0 Å². The van der Waals surface area contributed by atoms with Gasteiger partial charge in [0.25, 0.3) is 0 Å². The molecule has 64 heavy (non-hydrogen) atoms. The van der Waals surface area contributed by atoms with Crippen molar-refractivity contribution in [3.05, 3.63) is 134 Å². The molecule has 0 radical (unpaired) electrons. The molecule has 6 nitrogen and oxygen atoms in total. The first kappa shape index (κ1) is 59.5. The van der Waals surface area contributed by atoms with Gasteiger partial charge in [0.05, 0.1) is 0 Å². The SMILES string of the molecule is CC/C=C\C/C=C\C/C=C\C/C=C\C/C=C\CCCC(=O)OCC(COC(=O)CCCCC/C=C\CCCCCCCC)OC(=O)CC/C=C\C/C=C\C/C=C\C/C=C\C/C=C\CC. The molecule has 0 fully saturated rings. The van der Waals surface area contributed by atoms with Gasteiger partial charge in [0.2, 0.25) is 0 Å². The van der Waals surface area contributed by atoms with E-state index in [4.69, 9.17) is 14.2 Å². The van der Waals surface area contributed by atoms with Crippen LogP contribution < -0.4 is 0 Å². The summed E-state index contributed by atoms with van der Waals surface area (Å²) in [6.45, 7) is 6.25. The van der Waals surface area contributed by atoms with Gasteiger partial charge < -0.3 is 14.2 Å². The van der Waals surface area contributed by atoms with Gasteiger partial charge in [0.15, 0.2) is 6.10 Å². The third-order valence-corrected chi connectivity index (χ3v) is 9.88. The Morgan fingerprint density at radius 3 is 1.09 bits per heavy atom. The van der Waals surface area contributed by atoms with E-state index in [0.717, 1.165) is 103 Å². The molecule has 0 aromatic heterocycles. The Hall–Kier alpha value is -4.45. The summed E-state index contributed by atoms with van der Waals surface area (Å²) >= 11 is 0. The van der Waals surface area contributed by atoms with Crippen LogP contribution in [0.25, 0.3) is 0 Å². The van der Waals surface area contributed by atoms with Gasteiger partial charge in [0, 0.05) is 19.3 Å². The number of hydrogen-bond acceptors (Lipinski definition) is 6. The molecule has 1 unspecified atom stereocenters. The number of allylic oxidation sites excluding steroid dienone is 22. The number of hydrogen-bond donors (Lipinski definition) is 0. The molecule has 0 aromatic carbocycles. The third kappa shape index (κ3) is 48.6. The summed E-state index contributed by atoms with van der Waals surface area (Å²) in [4.78, 5) is 37.9. The maximum Gasteiger partial charge on any atom is 0.306 e. The molecular weight excluding hydrogens is 793 g/mol. The number of carbonyl (C=O) groups excluding carboxylic acids is 3. The minimum atomic E-state index is -0.850. The fourth-order valence-corrected chi connectivity index (χ4v) is 6.17. The van der Waals surface area contributed by atoms with Gasteiger partial charge in [-0.25, -0.2) is 0 Å². The van der Waals surface area contributed by atoms with Crippen molar-refractivity contribution < 1.29 is 28.6 Å². The van der Waals surface area contributed by atoms with E-state index in [1.165, 1.54) is 38.5 Å². The Balaban J connectivity index is 4.64. The van der Waals surface area contributed by atoms with E-state index >= 15 is 0 Å². The lowest BCUT2D eigenvalue weighted by atomic mass is 10.1. The standard InChI is InChI=1S/C58H90O6/c1-4-7-10-13-16-19-22-25-27-29-31-33-36-39-42-45-48-51-57(60)63-54-55(53-62-56(59)50-47-44-41-38-35-32-24-21-18-15-12-9-6-3)64-58(61)52-49-46-43-40-37-34-30-28-26-23-20-17-14-11-8-5-2/h7-8,10-11,16-17,19-20,25-28,31-35,37,39,42-43,46,55H,4-6,9,12-15,18,21-24,29-30,36,38,40-41,44-45,47-54H2,1-3H3/b10-7-,11-8-,19-16-,20-17-,27-25-,28-26-,33-31-,35-32-,37-34-,42-39-,46-43-. The molecule has 0 aliphatic carbocycles. The lowest BCUT2D eigenvalue weighted by molar-refractivity contribution is -0.166. The molecule has 0 saturated carbocycles. The fraction of sp³-hybridized carbons (Fsp3) is 0.569. The van der Waals surface area contributed by atoms with Gasteiger partial charge in [-0.15, -0.1) is 0 Å². The average Bonchev–Trinajstić information content (AvgIpc) is 3.29. The van der Waals surface area contributed by atoms with E-state index in [0.29, 0.717) is 19.3 Å². The molecule has 0 aliphatic rings. The number of unbranched alkanes of at least 4 members (excludes halogenated alkanes) is 10. The first-order valence-corrected chi connectivity index (χ1v) is 25.2. The summed E-state index contributed by atoms with van der Waals surface area (Å²) in [6.07, 6.45) is 71.7. The zero-order chi connectivity index (χ0) is 46.5. The van der Waals surface area contributed by atoms with E-state index in [9.17, 15) is 14.4 Å². The molecule has 0 rings (SSSR count). The Kier molecular flexibility index (Phi) is 47.6. The molecule has 0 N–H and O–H groups in total. The molecule has 0 amide bonds. The second-order valence-corrected chi connectivity index (χ2v) is 16.0. The molecule has 1 atom stereocenters. The zero-order valence-electron chi connectivity index (χ0n) is 40.7. The van der Waals surface area contributed by atoms with Gasteiger partial charge in [0.1, 0.15) is 13.2 Å². The zero-order valence-corrected chi connectivity index (χ0v) is 40.7. The first-order chi connectivity index (χ1) is 31.5. The third-order valence-electron chi connectivity index (χ3n) is 9.88. The van der Waals surface area contributed by atoms with Crippen LogP contribution >= 0.6 is 0 Å². The van der Waals surface area contributed by atoms with Gasteiger partial charge in [-0.1, -0.05) is 193 Å². The van der Waals surface area contributed by atoms with E-state index in [1.807, 2.05) is 12.2 Å². The van der Waals surface area contributed by atoms with Crippen LogP contribution in [0.1, 0.15) is 194 Å². The fourth-order valence-electron chi connectivity index (χ4n) is 6.17. The summed E-state index contributed by atoms with van der Waals surface area (Å²) in [5.41, 5.74) is 0. The average molecular weight is 883 g/mol. The molecule has 6 heteroatoms. The lowest BCUT2D eigenvalue weighted by Gasteiger charge is -2.18. The smallest absolute Gasteiger partial charge is 0.306 e. The van der Waals surface area contributed by atoms with Crippen LogP contribution in [0.3, 0.4) is 0 Å². The van der Waals surface area contributed by atoms with Gasteiger partial charge >= 0.3 is 17.9 Å². The molecular formula is C58H90O6. The van der Waals surface area contributed by atoms with Crippen LogP contribution in [0.2, 0.25) is 0 Å². The predicted octanol–water partition coefficient (Wildman–Crippen LogP) is 16.7. The van der Waals surface area contributed by atoms with Crippen molar-refractivity contribution in [2.24, 2.45) is 0 Å². The van der Waals surface area contributed by atoms with Crippen molar-refractivity contribution >= 4 is 17.9 Å². The van der Waals surface area contributed by atoms with Crippen molar-refractivity contribution in [1.29, 1.82) is 0 Å². The summed E-state index contributed by atoms with van der Waals surface area (Å²) in [7, 11) is 0. The summed E-state index contributed by atoms with van der Waals surface area (Å²) in [5, 5.41) is 0. The quantitative estimate of drug-likeness (QED) is 0.0263. The van der Waals surface area contributed by atoms with Crippen molar-refractivity contribution in [1.82, 2.24) is 0 Å². The molecule has 0 heterocycles. The largest absolute Gasteiger partial charge is 0.462 e. The number of esters is 3. The maximum atomic E-state index is 12.8. The molecule has 0 aliphatic heterocycles. The monoisotopic (exact) mass is 883 g/mol. The topological polar surface area (TPSA) is 78.9 Å². The van der Waals surface area contributed by atoms with Crippen LogP contribution in [0.15, 0.2) is 134 Å². The Labute approximate surface area is 392 Å². The van der Waals surface area contributed by atoms with Crippen molar-refractivity contribution in [2.75, 3.05) is 13.2 Å². The summed E-state index contributed by atoms with van der Waals surface area (Å²) < 4.78 is 16.6. The van der Waals surface area contributed by atoms with Crippen LogP contribution in [0.4, 0.5) is 0 Å². The number of rotatable bonds is 43. The summed E-state index contributed by atoms with van der Waals surface area (Å²) in [6, 6.07) is 0. The minimum Gasteiger partial charge on any atom is -0.462 e. The van der Waals surface area contributed by atoms with Crippen LogP contribution in [-0.2, 0) is 28.6 Å². The van der Waals surface area contributed by atoms with Gasteiger partial charge in [-0.05, 0) is 116 Å². The Morgan fingerprint density at radius 1 is 0.328 bits per heavy atom. The van der Waals surface area contributed by atoms with E-state index in [2.05, 4.69) is 142 Å². The molecule has 0 spiro atoms. The highest BCUT2D eigenvalue weighted by molar-refractivity contribution is 5.71. The Bertz CT molecular complexity index is 1430. The highest BCUT2D eigenvalue weighted by Gasteiger charge is 2.19. The van der Waals surface area contributed by atoms with E-state index < -0.39 is 12.1 Å². The van der Waals surface area contributed by atoms with Crippen LogP contribution in [0.5, 0.6) is 0 Å². The van der Waals surface area contributed by atoms with E-state index in [-0.39, 0.29) is 38.0 Å². The summed E-state index contributed by atoms with van der Waals surface area (Å²) in [5.74, 6) is -1.11. The number of carbonyl (C=O) groups is 3. The lowest BCUT2D eigenvalue weighted by Crippen LogP contribution is -2.30. The van der Waals surface area contributed by atoms with Crippen molar-refractivity contribution in [3.8, 4) is 0 Å². The molecule has 0 aromatic rings. The second kappa shape index (κ2) is 51.2. The highest BCUT2D eigenvalue weighted by Crippen LogP contribution is 2.11. The minimum absolute atomic E-state index is 0.138. The first-order valence-electron chi connectivity index (χ1n) is 25.2. The Morgan fingerprint density at radius 2 is 0.656 bits per heavy atom. The van der Waals surface area contributed by atoms with Crippen molar-refractivity contribution in [3.63, 3.8) is 0 Å². The maximum absolute atomic E-state index is 12.8. The molecule has 358 valence electrons. The van der Waals surface area contributed by atoms with Gasteiger partial charge in [-0.3, -0.25) is 14.4 Å². The second-order valence-electron chi connectivity index (χ2n) is 16.0.